The molecule has 2 aliphatic heterocycles. The molecule has 1 aromatic rings. The van der Waals surface area contributed by atoms with Crippen molar-refractivity contribution in [2.24, 2.45) is 16.6 Å². The van der Waals surface area contributed by atoms with Crippen molar-refractivity contribution in [3.8, 4) is 0 Å². The van der Waals surface area contributed by atoms with Crippen LogP contribution in [-0.4, -0.2) is 42.9 Å². The molecule has 3 N–H and O–H groups in total. The molecule has 146 valence electrons. The number of allylic oxidation sites excluding steroid dienone is 1. The summed E-state index contributed by atoms with van der Waals surface area (Å²) in [6, 6.07) is 9.95. The van der Waals surface area contributed by atoms with Gasteiger partial charge in [-0.25, -0.2) is 0 Å². The van der Waals surface area contributed by atoms with Gasteiger partial charge in [0.1, 0.15) is 0 Å². The fraction of sp³-hybridized carbons (Fsp3) is 0.450. The number of esters is 1. The third-order valence-corrected chi connectivity index (χ3v) is 9.44. The molecule has 1 aromatic carbocycles. The Labute approximate surface area is 161 Å². The van der Waals surface area contributed by atoms with Crippen LogP contribution in [0.2, 0.25) is 0 Å². The number of nitrogens with one attached hydrogen (secondary N) is 1. The Hall–Kier alpha value is -2.12. The zero-order chi connectivity index (χ0) is 19.4. The van der Waals surface area contributed by atoms with Crippen LogP contribution in [0.3, 0.4) is 0 Å². The van der Waals surface area contributed by atoms with Gasteiger partial charge in [-0.1, -0.05) is 18.2 Å². The number of carbonyl (C=O) groups is 2. The highest BCUT2D eigenvalue weighted by Crippen LogP contribution is 2.69. The number of ether oxygens (including phenoxy) is 1. The van der Waals surface area contributed by atoms with E-state index in [1.54, 1.807) is 0 Å². The number of rotatable bonds is 6. The highest BCUT2D eigenvalue weighted by atomic mass is 32.3. The normalized spacial score (nSPS) is 25.6. The summed E-state index contributed by atoms with van der Waals surface area (Å²) < 4.78 is 4.89. The molecule has 2 heterocycles. The van der Waals surface area contributed by atoms with Gasteiger partial charge >= 0.3 is 5.97 Å². The number of methoxy groups -OCH3 is 1. The van der Waals surface area contributed by atoms with Crippen molar-refractivity contribution >= 4 is 26.9 Å². The number of benzene rings is 1. The number of piperidine rings is 1. The van der Waals surface area contributed by atoms with Crippen molar-refractivity contribution in [1.29, 1.82) is 0 Å². The minimum absolute atomic E-state index is 0.231. The van der Waals surface area contributed by atoms with Crippen LogP contribution < -0.4 is 11.1 Å². The van der Waals surface area contributed by atoms with Crippen LogP contribution in [0.5, 0.6) is 0 Å². The molecular formula is C20H27N3O3S. The molecular weight excluding hydrogens is 362 g/mol. The second kappa shape index (κ2) is 8.27. The highest BCUT2D eigenvalue weighted by Gasteiger charge is 2.46. The molecule has 1 amide bonds. The summed E-state index contributed by atoms with van der Waals surface area (Å²) in [6.45, 7) is 3.71. The molecule has 6 nitrogen and oxygen atoms in total. The first kappa shape index (κ1) is 19.6. The fourth-order valence-corrected chi connectivity index (χ4v) is 8.42. The molecule has 3 rings (SSSR count). The van der Waals surface area contributed by atoms with Crippen molar-refractivity contribution in [3.63, 3.8) is 0 Å². The van der Waals surface area contributed by atoms with Crippen molar-refractivity contribution in [1.82, 2.24) is 5.32 Å². The maximum absolute atomic E-state index is 12.5. The lowest BCUT2D eigenvalue weighted by atomic mass is 9.99. The van der Waals surface area contributed by atoms with E-state index in [9.17, 15) is 9.59 Å². The largest absolute Gasteiger partial charge is 0.469 e. The van der Waals surface area contributed by atoms with E-state index in [0.717, 1.165) is 35.9 Å². The van der Waals surface area contributed by atoms with Crippen molar-refractivity contribution in [2.45, 2.75) is 31.1 Å². The lowest BCUT2D eigenvalue weighted by molar-refractivity contribution is -0.140. The zero-order valence-electron chi connectivity index (χ0n) is 15.9. The summed E-state index contributed by atoms with van der Waals surface area (Å²) in [5.41, 5.74) is 6.55. The minimum atomic E-state index is -1.95. The van der Waals surface area contributed by atoms with Gasteiger partial charge < -0.3 is 15.8 Å². The second-order valence-corrected chi connectivity index (χ2v) is 10.0. The Balaban J connectivity index is 2.15. The first-order valence-corrected chi connectivity index (χ1v) is 11.0. The van der Waals surface area contributed by atoms with Gasteiger partial charge in [0.05, 0.1) is 29.2 Å². The molecule has 0 aromatic heterocycles. The first-order valence-electron chi connectivity index (χ1n) is 9.23. The van der Waals surface area contributed by atoms with Gasteiger partial charge in [0.25, 0.3) is 5.91 Å². The van der Waals surface area contributed by atoms with E-state index in [4.69, 9.17) is 15.5 Å². The van der Waals surface area contributed by atoms with Gasteiger partial charge in [0, 0.05) is 11.7 Å². The molecule has 0 aliphatic carbocycles. The average molecular weight is 390 g/mol. The summed E-state index contributed by atoms with van der Waals surface area (Å²) in [4.78, 5) is 31.0. The molecule has 7 heteroatoms. The SMILES string of the molecule is COC(=O)CCS1(c2ccccc2)C(C2CCNCC2)=NC(C)=C1C(N)=O. The molecule has 0 bridgehead atoms. The molecule has 27 heavy (non-hydrogen) atoms. The quantitative estimate of drug-likeness (QED) is 0.731. The molecule has 2 aliphatic rings. The van der Waals surface area contributed by atoms with E-state index < -0.39 is 15.9 Å². The van der Waals surface area contributed by atoms with Gasteiger partial charge in [0.2, 0.25) is 0 Å². The van der Waals surface area contributed by atoms with Gasteiger partial charge in [0.15, 0.2) is 0 Å². The Morgan fingerprint density at radius 1 is 1.26 bits per heavy atom. The number of primary amides is 1. The molecule has 1 saturated heterocycles. The van der Waals surface area contributed by atoms with Crippen LogP contribution in [0.15, 0.2) is 50.8 Å². The Bertz CT molecular complexity index is 785. The maximum Gasteiger partial charge on any atom is 0.306 e. The van der Waals surface area contributed by atoms with Crippen LogP contribution in [0.1, 0.15) is 26.2 Å². The van der Waals surface area contributed by atoms with E-state index >= 15 is 0 Å². The van der Waals surface area contributed by atoms with Crippen LogP contribution in [-0.2, 0) is 14.3 Å². The van der Waals surface area contributed by atoms with E-state index in [-0.39, 0.29) is 18.3 Å². The van der Waals surface area contributed by atoms with Crippen LogP contribution in [0.25, 0.3) is 0 Å². The predicted octanol–water partition coefficient (Wildman–Crippen LogP) is 2.54. The fourth-order valence-electron chi connectivity index (χ4n) is 4.00. The van der Waals surface area contributed by atoms with Gasteiger partial charge in [-0.05, 0) is 49.9 Å². The monoisotopic (exact) mass is 389 g/mol. The summed E-state index contributed by atoms with van der Waals surface area (Å²) in [5, 5.41) is 4.43. The van der Waals surface area contributed by atoms with Crippen molar-refractivity contribution < 1.29 is 14.3 Å². The number of hydrogen-bond donors (Lipinski definition) is 2. The zero-order valence-corrected chi connectivity index (χ0v) is 16.7. The Kier molecular flexibility index (Phi) is 6.01. The number of carbonyl (C=O) groups excluding carboxylic acids is 2. The molecule has 1 atom stereocenters. The Morgan fingerprint density at radius 2 is 1.93 bits per heavy atom. The average Bonchev–Trinajstić information content (AvgIpc) is 3.00. The maximum atomic E-state index is 12.5. The summed E-state index contributed by atoms with van der Waals surface area (Å²) >= 11 is 0. The van der Waals surface area contributed by atoms with Crippen molar-refractivity contribution in [2.75, 3.05) is 26.0 Å². The number of amides is 1. The first-order chi connectivity index (χ1) is 13.0. The van der Waals surface area contributed by atoms with Crippen LogP contribution in [0, 0.1) is 5.92 Å². The minimum Gasteiger partial charge on any atom is -0.469 e. The number of nitrogens with zero attached hydrogens (tertiary/aromatic N) is 1. The highest BCUT2D eigenvalue weighted by molar-refractivity contribution is 8.49. The molecule has 0 spiro atoms. The van der Waals surface area contributed by atoms with E-state index in [2.05, 4.69) is 5.32 Å². The van der Waals surface area contributed by atoms with Gasteiger partial charge in [-0.2, -0.15) is 0 Å². The molecule has 1 unspecified atom stereocenters. The predicted molar refractivity (Wildman–Crippen MR) is 109 cm³/mol. The van der Waals surface area contributed by atoms with E-state index in [1.165, 1.54) is 7.11 Å². The van der Waals surface area contributed by atoms with Crippen LogP contribution in [0.4, 0.5) is 0 Å². The molecule has 0 radical (unpaired) electrons. The summed E-state index contributed by atoms with van der Waals surface area (Å²) in [7, 11) is -0.560. The molecule has 1 fully saturated rings. The van der Waals surface area contributed by atoms with Crippen LogP contribution >= 0.6 is 10.0 Å². The summed E-state index contributed by atoms with van der Waals surface area (Å²) in [6.07, 6.45) is 2.17. The lowest BCUT2D eigenvalue weighted by Gasteiger charge is -2.42. The smallest absolute Gasteiger partial charge is 0.306 e. The van der Waals surface area contributed by atoms with E-state index in [0.29, 0.717) is 16.4 Å². The Morgan fingerprint density at radius 3 is 2.52 bits per heavy atom. The van der Waals surface area contributed by atoms with Gasteiger partial charge in [-0.15, -0.1) is 10.0 Å². The standard InChI is InChI=1S/C20H27N3O3S/c1-14-18(19(21)25)27(13-10-17(24)26-2,16-6-4-3-5-7-16)20(23-14)15-8-11-22-12-9-15/h3-7,15,22H,8-13H2,1-2H3,(H2,21,25). The number of hydrogen-bond acceptors (Lipinski definition) is 5. The van der Waals surface area contributed by atoms with Crippen molar-refractivity contribution in [3.05, 3.63) is 40.9 Å². The number of nitrogens with two attached hydrogens (primary N) is 1. The van der Waals surface area contributed by atoms with Gasteiger partial charge in [-0.3, -0.25) is 14.6 Å². The number of aliphatic imine (C=N–C) groups is 1. The third-order valence-electron chi connectivity index (χ3n) is 5.21. The second-order valence-electron chi connectivity index (χ2n) is 6.84. The molecule has 0 saturated carbocycles. The summed E-state index contributed by atoms with van der Waals surface area (Å²) in [5.74, 6) is 0.0628. The lowest BCUT2D eigenvalue weighted by Crippen LogP contribution is -2.35. The van der Waals surface area contributed by atoms with E-state index in [1.807, 2.05) is 37.3 Å². The third kappa shape index (κ3) is 3.66. The topological polar surface area (TPSA) is 93.8 Å².